The third-order valence-corrected chi connectivity index (χ3v) is 3.77. The van der Waals surface area contributed by atoms with Crippen LogP contribution in [0, 0.1) is 6.92 Å². The highest BCUT2D eigenvalue weighted by atomic mass is 16.3. The molecule has 0 aliphatic heterocycles. The Morgan fingerprint density at radius 2 is 2.05 bits per heavy atom. The van der Waals surface area contributed by atoms with Gasteiger partial charge in [-0.25, -0.2) is 0 Å². The van der Waals surface area contributed by atoms with E-state index in [0.717, 1.165) is 36.5 Å². The molecule has 4 heteroatoms. The zero-order valence-electron chi connectivity index (χ0n) is 11.1. The van der Waals surface area contributed by atoms with E-state index in [2.05, 4.69) is 34.6 Å². The Balaban J connectivity index is 1.69. The van der Waals surface area contributed by atoms with Crippen LogP contribution in [0.2, 0.25) is 0 Å². The first-order valence-corrected chi connectivity index (χ1v) is 6.78. The molecule has 3 rings (SSSR count). The second-order valence-corrected chi connectivity index (χ2v) is 5.36. The quantitative estimate of drug-likeness (QED) is 0.792. The van der Waals surface area contributed by atoms with Crippen LogP contribution in [-0.4, -0.2) is 21.4 Å². The minimum absolute atomic E-state index is 0.151. The van der Waals surface area contributed by atoms with Gasteiger partial charge in [-0.3, -0.25) is 5.10 Å². The lowest BCUT2D eigenvalue weighted by Gasteiger charge is -2.05. The minimum Gasteiger partial charge on any atom is -0.393 e. The number of anilines is 2. The maximum Gasteiger partial charge on any atom is 0.152 e. The number of H-pyrrole nitrogens is 1. The molecule has 2 unspecified atom stereocenters. The fraction of sp³-hybridized carbons (Fsp3) is 0.400. The van der Waals surface area contributed by atoms with Crippen LogP contribution >= 0.6 is 0 Å². The molecule has 0 saturated heterocycles. The summed E-state index contributed by atoms with van der Waals surface area (Å²) in [6.45, 7) is 2.07. The smallest absolute Gasteiger partial charge is 0.152 e. The second kappa shape index (κ2) is 5.05. The standard InChI is InChI=1S/C15H19N3O/c1-10-2-5-12(6-3-10)16-15-9-14(17-18-15)11-4-7-13(19)8-11/h2-3,5-6,9,11,13,19H,4,7-8H2,1H3,(H2,16,17,18). The molecule has 1 fully saturated rings. The molecular formula is C15H19N3O. The Kier molecular flexibility index (Phi) is 3.25. The summed E-state index contributed by atoms with van der Waals surface area (Å²) in [5, 5.41) is 20.2. The normalized spacial score (nSPS) is 22.6. The summed E-state index contributed by atoms with van der Waals surface area (Å²) in [7, 11) is 0. The van der Waals surface area contributed by atoms with Gasteiger partial charge in [0.1, 0.15) is 0 Å². The van der Waals surface area contributed by atoms with Crippen LogP contribution in [0.5, 0.6) is 0 Å². The van der Waals surface area contributed by atoms with E-state index in [-0.39, 0.29) is 6.10 Å². The van der Waals surface area contributed by atoms with Crippen molar-refractivity contribution in [2.24, 2.45) is 0 Å². The summed E-state index contributed by atoms with van der Waals surface area (Å²) in [6, 6.07) is 10.3. The van der Waals surface area contributed by atoms with Crippen LogP contribution in [0.15, 0.2) is 30.3 Å². The predicted molar refractivity (Wildman–Crippen MR) is 75.6 cm³/mol. The lowest BCUT2D eigenvalue weighted by atomic mass is 10.0. The summed E-state index contributed by atoms with van der Waals surface area (Å²) >= 11 is 0. The van der Waals surface area contributed by atoms with Gasteiger partial charge < -0.3 is 10.4 Å². The van der Waals surface area contributed by atoms with Gasteiger partial charge in [0.15, 0.2) is 5.82 Å². The van der Waals surface area contributed by atoms with Crippen molar-refractivity contribution in [3.63, 3.8) is 0 Å². The van der Waals surface area contributed by atoms with Gasteiger partial charge in [0.05, 0.1) is 6.10 Å². The van der Waals surface area contributed by atoms with Gasteiger partial charge in [0.2, 0.25) is 0 Å². The molecule has 0 radical (unpaired) electrons. The molecular weight excluding hydrogens is 238 g/mol. The van der Waals surface area contributed by atoms with E-state index >= 15 is 0 Å². The van der Waals surface area contributed by atoms with Gasteiger partial charge in [-0.2, -0.15) is 5.10 Å². The van der Waals surface area contributed by atoms with Crippen molar-refractivity contribution in [2.45, 2.75) is 38.2 Å². The number of aryl methyl sites for hydroxylation is 1. The maximum absolute atomic E-state index is 9.58. The predicted octanol–water partition coefficient (Wildman–Crippen LogP) is 3.09. The fourth-order valence-corrected chi connectivity index (χ4v) is 2.63. The molecule has 1 aromatic carbocycles. The molecule has 100 valence electrons. The second-order valence-electron chi connectivity index (χ2n) is 5.36. The molecule has 1 aliphatic carbocycles. The fourth-order valence-electron chi connectivity index (χ4n) is 2.63. The zero-order chi connectivity index (χ0) is 13.2. The molecule has 0 bridgehead atoms. The Hall–Kier alpha value is -1.81. The van der Waals surface area contributed by atoms with E-state index < -0.39 is 0 Å². The number of aromatic nitrogens is 2. The number of aromatic amines is 1. The Morgan fingerprint density at radius 1 is 1.26 bits per heavy atom. The van der Waals surface area contributed by atoms with Crippen molar-refractivity contribution in [1.29, 1.82) is 0 Å². The first-order valence-electron chi connectivity index (χ1n) is 6.78. The van der Waals surface area contributed by atoms with E-state index in [1.807, 2.05) is 18.2 Å². The number of aliphatic hydroxyl groups is 1. The molecule has 1 aliphatic rings. The number of nitrogens with zero attached hydrogens (tertiary/aromatic N) is 1. The third-order valence-electron chi connectivity index (χ3n) is 3.77. The molecule has 0 spiro atoms. The van der Waals surface area contributed by atoms with Gasteiger partial charge in [-0.15, -0.1) is 0 Å². The Bertz CT molecular complexity index is 547. The van der Waals surface area contributed by atoms with E-state index in [1.54, 1.807) is 0 Å². The number of aliphatic hydroxyl groups excluding tert-OH is 1. The lowest BCUT2D eigenvalue weighted by molar-refractivity contribution is 0.181. The highest BCUT2D eigenvalue weighted by molar-refractivity contribution is 5.56. The number of rotatable bonds is 3. The van der Waals surface area contributed by atoms with Crippen molar-refractivity contribution in [2.75, 3.05) is 5.32 Å². The molecule has 2 aromatic rings. The van der Waals surface area contributed by atoms with Gasteiger partial charge in [-0.05, 0) is 38.3 Å². The van der Waals surface area contributed by atoms with E-state index in [9.17, 15) is 5.11 Å². The highest BCUT2D eigenvalue weighted by Crippen LogP contribution is 2.34. The monoisotopic (exact) mass is 257 g/mol. The minimum atomic E-state index is -0.151. The first kappa shape index (κ1) is 12.2. The molecule has 1 aromatic heterocycles. The summed E-state index contributed by atoms with van der Waals surface area (Å²) in [5.41, 5.74) is 3.40. The lowest BCUT2D eigenvalue weighted by Crippen LogP contribution is -1.99. The Labute approximate surface area is 112 Å². The molecule has 1 heterocycles. The summed E-state index contributed by atoms with van der Waals surface area (Å²) in [5.74, 6) is 1.25. The molecule has 0 amide bonds. The van der Waals surface area contributed by atoms with Crippen LogP contribution in [-0.2, 0) is 0 Å². The molecule has 19 heavy (non-hydrogen) atoms. The highest BCUT2D eigenvalue weighted by Gasteiger charge is 2.25. The van der Waals surface area contributed by atoms with Gasteiger partial charge >= 0.3 is 0 Å². The van der Waals surface area contributed by atoms with Gasteiger partial charge in [0.25, 0.3) is 0 Å². The van der Waals surface area contributed by atoms with Gasteiger partial charge in [0, 0.05) is 23.4 Å². The largest absolute Gasteiger partial charge is 0.393 e. The van der Waals surface area contributed by atoms with Crippen LogP contribution in [0.4, 0.5) is 11.5 Å². The summed E-state index contributed by atoms with van der Waals surface area (Å²) < 4.78 is 0. The molecule has 4 nitrogen and oxygen atoms in total. The molecule has 1 saturated carbocycles. The van der Waals surface area contributed by atoms with Crippen molar-refractivity contribution in [3.8, 4) is 0 Å². The van der Waals surface area contributed by atoms with Crippen molar-refractivity contribution >= 4 is 11.5 Å². The molecule has 3 N–H and O–H groups in total. The summed E-state index contributed by atoms with van der Waals surface area (Å²) in [4.78, 5) is 0. The van der Waals surface area contributed by atoms with Crippen LogP contribution in [0.1, 0.15) is 36.4 Å². The first-order chi connectivity index (χ1) is 9.20. The topological polar surface area (TPSA) is 60.9 Å². The van der Waals surface area contributed by atoms with Crippen LogP contribution < -0.4 is 5.32 Å². The van der Waals surface area contributed by atoms with Crippen molar-refractivity contribution < 1.29 is 5.11 Å². The maximum atomic E-state index is 9.58. The zero-order valence-corrected chi connectivity index (χ0v) is 11.1. The number of benzene rings is 1. The average Bonchev–Trinajstić information content (AvgIpc) is 3.01. The van der Waals surface area contributed by atoms with Crippen LogP contribution in [0.3, 0.4) is 0 Å². The SMILES string of the molecule is Cc1ccc(Nc2cc(C3CCC(O)C3)[nH]n2)cc1. The van der Waals surface area contributed by atoms with E-state index in [1.165, 1.54) is 5.56 Å². The average molecular weight is 257 g/mol. The van der Waals surface area contributed by atoms with E-state index in [4.69, 9.17) is 0 Å². The van der Waals surface area contributed by atoms with E-state index in [0.29, 0.717) is 5.92 Å². The molecule has 2 atom stereocenters. The van der Waals surface area contributed by atoms with Crippen molar-refractivity contribution in [1.82, 2.24) is 10.2 Å². The summed E-state index contributed by atoms with van der Waals surface area (Å²) in [6.07, 6.45) is 2.62. The number of hydrogen-bond donors (Lipinski definition) is 3. The third kappa shape index (κ3) is 2.79. The number of nitrogens with one attached hydrogen (secondary N) is 2. The number of hydrogen-bond acceptors (Lipinski definition) is 3. The van der Waals surface area contributed by atoms with Crippen molar-refractivity contribution in [3.05, 3.63) is 41.6 Å². The van der Waals surface area contributed by atoms with Gasteiger partial charge in [-0.1, -0.05) is 17.7 Å². The Morgan fingerprint density at radius 3 is 2.74 bits per heavy atom. The van der Waals surface area contributed by atoms with Crippen LogP contribution in [0.25, 0.3) is 0 Å².